The van der Waals surface area contributed by atoms with Crippen LogP contribution in [0, 0.1) is 59.2 Å². The molecule has 14 unspecified atom stereocenters. The van der Waals surface area contributed by atoms with Crippen LogP contribution in [0.2, 0.25) is 0 Å². The molecule has 6 bridgehead atoms. The molecule has 0 N–H and O–H groups in total. The molecule has 7 fully saturated rings. The van der Waals surface area contributed by atoms with Gasteiger partial charge in [-0.3, -0.25) is 4.79 Å². The molecule has 14 atom stereocenters. The van der Waals surface area contributed by atoms with Crippen LogP contribution in [0.1, 0.15) is 65.2 Å². The normalized spacial score (nSPS) is 47.6. The Bertz CT molecular complexity index is 1100. The van der Waals surface area contributed by atoms with Crippen LogP contribution in [-0.4, -0.2) is 48.9 Å². The maximum Gasteiger partial charge on any atom is 0.336 e. The van der Waals surface area contributed by atoms with Crippen molar-refractivity contribution < 1.29 is 33.3 Å². The van der Waals surface area contributed by atoms with Crippen molar-refractivity contribution in [2.24, 2.45) is 59.2 Å². The summed E-state index contributed by atoms with van der Waals surface area (Å²) >= 11 is 0. The molecule has 0 saturated heterocycles. The molecular weight excluding hydrogens is 496 g/mol. The van der Waals surface area contributed by atoms with E-state index >= 15 is 0 Å². The third-order valence-electron chi connectivity index (χ3n) is 12.0. The van der Waals surface area contributed by atoms with Crippen molar-refractivity contribution in [1.29, 1.82) is 0 Å². The first kappa shape index (κ1) is 25.8. The molecule has 7 aliphatic rings. The van der Waals surface area contributed by atoms with Crippen LogP contribution in [0.15, 0.2) is 24.3 Å². The zero-order valence-corrected chi connectivity index (χ0v) is 23.2. The number of hydrogen-bond acceptors (Lipinski definition) is 7. The minimum atomic E-state index is -0.307. The second-order valence-electron chi connectivity index (χ2n) is 13.9. The summed E-state index contributed by atoms with van der Waals surface area (Å²) in [6.45, 7) is 11.2. The van der Waals surface area contributed by atoms with E-state index in [1.807, 2.05) is 0 Å². The van der Waals surface area contributed by atoms with E-state index in [-0.39, 0.29) is 48.9 Å². The lowest BCUT2D eigenvalue weighted by atomic mass is 9.69. The molecule has 0 spiro atoms. The van der Waals surface area contributed by atoms with Gasteiger partial charge in [0, 0.05) is 18.4 Å². The van der Waals surface area contributed by atoms with Crippen molar-refractivity contribution >= 4 is 17.9 Å². The SMILES string of the molecule is C=C(C)C(=O)OC1CCC2C3CC(CC3OCC(=C)C(=O)OC3CC4CC3C3C5CC(OC(C)=O)C(C5)C43)C12. The number of esters is 3. The van der Waals surface area contributed by atoms with Crippen LogP contribution in [0.5, 0.6) is 0 Å². The third-order valence-corrected chi connectivity index (χ3v) is 12.0. The standard InChI is InChI=1S/C32H42O7/c1-14(2)31(34)38-24-6-5-20-21-7-17(28(20)24)10-25(21)36-13-15(3)32(35)39-27-12-19-9-23(27)30-18-8-22(29(19)30)26(11-18)37-16(4)33/h17-30H,1,3,5-13H2,2,4H3. The van der Waals surface area contributed by atoms with Gasteiger partial charge in [-0.25, -0.2) is 9.59 Å². The average molecular weight is 539 g/mol. The highest BCUT2D eigenvalue weighted by Gasteiger charge is 2.66. The van der Waals surface area contributed by atoms with Gasteiger partial charge >= 0.3 is 17.9 Å². The fourth-order valence-corrected chi connectivity index (χ4v) is 11.0. The van der Waals surface area contributed by atoms with Gasteiger partial charge in [-0.1, -0.05) is 13.2 Å². The highest BCUT2D eigenvalue weighted by atomic mass is 16.6. The second-order valence-corrected chi connectivity index (χ2v) is 13.9. The monoisotopic (exact) mass is 538 g/mol. The molecule has 7 rings (SSSR count). The zero-order chi connectivity index (χ0) is 27.2. The number of fused-ring (bicyclic) bond motifs is 14. The topological polar surface area (TPSA) is 88.1 Å². The van der Waals surface area contributed by atoms with Gasteiger partial charge in [-0.2, -0.15) is 0 Å². The molecule has 0 aromatic heterocycles. The number of carbonyl (C=O) groups is 3. The van der Waals surface area contributed by atoms with E-state index in [2.05, 4.69) is 13.2 Å². The van der Waals surface area contributed by atoms with E-state index in [4.69, 9.17) is 18.9 Å². The first-order valence-electron chi connectivity index (χ1n) is 15.2. The quantitative estimate of drug-likeness (QED) is 0.193. The van der Waals surface area contributed by atoms with E-state index < -0.39 is 0 Å². The summed E-state index contributed by atoms with van der Waals surface area (Å²) in [5, 5.41) is 0. The van der Waals surface area contributed by atoms with Crippen molar-refractivity contribution in [3.63, 3.8) is 0 Å². The Hall–Kier alpha value is -2.15. The predicted molar refractivity (Wildman–Crippen MR) is 141 cm³/mol. The Balaban J connectivity index is 0.890. The fraction of sp³-hybridized carbons (Fsp3) is 0.781. The molecule has 7 nitrogen and oxygen atoms in total. The molecular formula is C32H42O7. The molecule has 39 heavy (non-hydrogen) atoms. The van der Waals surface area contributed by atoms with Crippen molar-refractivity contribution in [1.82, 2.24) is 0 Å². The Morgan fingerprint density at radius 2 is 1.18 bits per heavy atom. The van der Waals surface area contributed by atoms with Crippen molar-refractivity contribution in [2.45, 2.75) is 89.6 Å². The van der Waals surface area contributed by atoms with Crippen LogP contribution in [0.25, 0.3) is 0 Å². The number of hydrogen-bond donors (Lipinski definition) is 0. The van der Waals surface area contributed by atoms with Crippen LogP contribution in [-0.2, 0) is 33.3 Å². The predicted octanol–water partition coefficient (Wildman–Crippen LogP) is 4.64. The largest absolute Gasteiger partial charge is 0.462 e. The Kier molecular flexibility index (Phi) is 6.26. The Labute approximate surface area is 231 Å². The fourth-order valence-electron chi connectivity index (χ4n) is 11.0. The van der Waals surface area contributed by atoms with Crippen molar-refractivity contribution in [3.05, 3.63) is 24.3 Å². The van der Waals surface area contributed by atoms with E-state index in [9.17, 15) is 14.4 Å². The Morgan fingerprint density at radius 1 is 0.615 bits per heavy atom. The van der Waals surface area contributed by atoms with Crippen LogP contribution in [0.4, 0.5) is 0 Å². The van der Waals surface area contributed by atoms with Gasteiger partial charge in [0.1, 0.15) is 18.3 Å². The first-order valence-corrected chi connectivity index (χ1v) is 15.2. The highest BCUT2D eigenvalue weighted by molar-refractivity contribution is 5.88. The van der Waals surface area contributed by atoms with Crippen LogP contribution >= 0.6 is 0 Å². The molecule has 0 aromatic carbocycles. The summed E-state index contributed by atoms with van der Waals surface area (Å²) in [7, 11) is 0. The molecule has 212 valence electrons. The van der Waals surface area contributed by atoms with Crippen LogP contribution < -0.4 is 0 Å². The highest BCUT2D eigenvalue weighted by Crippen LogP contribution is 2.68. The van der Waals surface area contributed by atoms with Gasteiger partial charge in [0.15, 0.2) is 0 Å². The van der Waals surface area contributed by atoms with Gasteiger partial charge in [-0.15, -0.1) is 0 Å². The zero-order valence-electron chi connectivity index (χ0n) is 23.2. The number of carbonyl (C=O) groups excluding carboxylic acids is 3. The van der Waals surface area contributed by atoms with E-state index in [1.54, 1.807) is 6.92 Å². The van der Waals surface area contributed by atoms with E-state index in [0.717, 1.165) is 51.4 Å². The third kappa shape index (κ3) is 4.12. The lowest BCUT2D eigenvalue weighted by Crippen LogP contribution is -2.42. The summed E-state index contributed by atoms with van der Waals surface area (Å²) in [4.78, 5) is 36.7. The molecule has 0 amide bonds. The molecule has 0 heterocycles. The molecule has 0 radical (unpaired) electrons. The number of rotatable bonds is 8. The first-order chi connectivity index (χ1) is 18.7. The maximum atomic E-state index is 13.0. The van der Waals surface area contributed by atoms with Gasteiger partial charge in [0.25, 0.3) is 0 Å². The van der Waals surface area contributed by atoms with Gasteiger partial charge in [0.2, 0.25) is 0 Å². The molecule has 0 aromatic rings. The summed E-state index contributed by atoms with van der Waals surface area (Å²) in [6.07, 6.45) is 8.46. The summed E-state index contributed by atoms with van der Waals surface area (Å²) in [5.74, 6) is 4.52. The number of ether oxygens (including phenoxy) is 4. The second kappa shape index (κ2) is 9.46. The minimum absolute atomic E-state index is 0.00376. The average Bonchev–Trinajstić information content (AvgIpc) is 3.71. The van der Waals surface area contributed by atoms with Gasteiger partial charge in [-0.05, 0) is 112 Å². The van der Waals surface area contributed by atoms with Crippen molar-refractivity contribution in [2.75, 3.05) is 6.61 Å². The van der Waals surface area contributed by atoms with Gasteiger partial charge < -0.3 is 18.9 Å². The van der Waals surface area contributed by atoms with E-state index in [1.165, 1.54) is 6.92 Å². The molecule has 7 saturated carbocycles. The maximum absolute atomic E-state index is 13.0. The summed E-state index contributed by atoms with van der Waals surface area (Å²) in [5.41, 5.74) is 0.873. The minimum Gasteiger partial charge on any atom is -0.462 e. The Morgan fingerprint density at radius 3 is 1.82 bits per heavy atom. The lowest BCUT2D eigenvalue weighted by Gasteiger charge is -2.40. The van der Waals surface area contributed by atoms with Gasteiger partial charge in [0.05, 0.1) is 18.3 Å². The molecule has 0 aliphatic heterocycles. The molecule has 7 heteroatoms. The van der Waals surface area contributed by atoms with E-state index in [0.29, 0.717) is 70.3 Å². The summed E-state index contributed by atoms with van der Waals surface area (Å²) < 4.78 is 23.8. The molecule has 7 aliphatic carbocycles. The smallest absolute Gasteiger partial charge is 0.336 e. The lowest BCUT2D eigenvalue weighted by molar-refractivity contribution is -0.156. The van der Waals surface area contributed by atoms with Crippen LogP contribution in [0.3, 0.4) is 0 Å². The summed E-state index contributed by atoms with van der Waals surface area (Å²) in [6, 6.07) is 0. The van der Waals surface area contributed by atoms with Crippen molar-refractivity contribution in [3.8, 4) is 0 Å².